The molecule has 1 aliphatic carbocycles. The minimum Gasteiger partial charge on any atom is -0.350 e. The second-order valence-corrected chi connectivity index (χ2v) is 6.74. The molecule has 2 aliphatic rings. The van der Waals surface area contributed by atoms with Crippen molar-refractivity contribution < 1.29 is 18.5 Å². The highest BCUT2D eigenvalue weighted by Gasteiger charge is 2.31. The molecule has 1 fully saturated rings. The summed E-state index contributed by atoms with van der Waals surface area (Å²) in [6.07, 6.45) is 3.83. The summed E-state index contributed by atoms with van der Waals surface area (Å²) in [6.45, 7) is 1.78. The molecule has 2 amide bonds. The van der Waals surface area contributed by atoms with Crippen molar-refractivity contribution in [1.29, 1.82) is 0 Å². The van der Waals surface area contributed by atoms with Crippen LogP contribution in [0.4, 0.5) is 4.39 Å². The third kappa shape index (κ3) is 3.09. The van der Waals surface area contributed by atoms with Gasteiger partial charge in [0.25, 0.3) is 11.8 Å². The van der Waals surface area contributed by atoms with Crippen LogP contribution in [0.1, 0.15) is 45.0 Å². The molecule has 2 heterocycles. The minimum atomic E-state index is -0.368. The normalized spacial score (nSPS) is 17.1. The molecule has 0 spiro atoms. The lowest BCUT2D eigenvalue weighted by molar-refractivity contribution is 0.0511. The molecule has 0 saturated carbocycles. The highest BCUT2D eigenvalue weighted by molar-refractivity contribution is 5.95. The predicted molar refractivity (Wildman–Crippen MR) is 91.4 cm³/mol. The van der Waals surface area contributed by atoms with Crippen molar-refractivity contribution in [3.63, 3.8) is 0 Å². The van der Waals surface area contributed by atoms with Gasteiger partial charge in [0, 0.05) is 37.3 Å². The van der Waals surface area contributed by atoms with Crippen LogP contribution in [0.5, 0.6) is 0 Å². The fraction of sp³-hybridized carbons (Fsp3) is 0.421. The van der Waals surface area contributed by atoms with E-state index in [0.29, 0.717) is 37.5 Å². The Morgan fingerprint density at radius 3 is 2.23 bits per heavy atom. The molecule has 0 atom stereocenters. The number of hydrogen-bond acceptors (Lipinski definition) is 4. The van der Waals surface area contributed by atoms with Gasteiger partial charge >= 0.3 is 0 Å². The van der Waals surface area contributed by atoms with Gasteiger partial charge in [-0.3, -0.25) is 9.59 Å². The minimum absolute atomic E-state index is 0.144. The number of aryl methyl sites for hydroxylation is 1. The predicted octanol–water partition coefficient (Wildman–Crippen LogP) is 2.29. The van der Waals surface area contributed by atoms with Crippen LogP contribution in [-0.4, -0.2) is 52.9 Å². The standard InChI is InChI=1S/C19H20FN3O3/c20-14-7-5-13(6-8-14)18(24)22-9-11-23(12-10-22)19(25)17-15-3-1-2-4-16(15)21-26-17/h5-8H,1-4,9-12H2. The molecule has 0 radical (unpaired) electrons. The molecular weight excluding hydrogens is 337 g/mol. The number of benzene rings is 1. The molecule has 6 nitrogen and oxygen atoms in total. The molecule has 136 valence electrons. The van der Waals surface area contributed by atoms with E-state index < -0.39 is 0 Å². The first-order valence-electron chi connectivity index (χ1n) is 8.95. The Balaban J connectivity index is 1.40. The second kappa shape index (κ2) is 6.90. The Hall–Kier alpha value is -2.70. The summed E-state index contributed by atoms with van der Waals surface area (Å²) >= 11 is 0. The molecular formula is C19H20FN3O3. The van der Waals surface area contributed by atoms with Gasteiger partial charge in [-0.25, -0.2) is 4.39 Å². The van der Waals surface area contributed by atoms with Crippen molar-refractivity contribution in [3.05, 3.63) is 52.7 Å². The van der Waals surface area contributed by atoms with Crippen molar-refractivity contribution in [3.8, 4) is 0 Å². The molecule has 0 N–H and O–H groups in total. The summed E-state index contributed by atoms with van der Waals surface area (Å²) in [7, 11) is 0. The number of carbonyl (C=O) groups is 2. The van der Waals surface area contributed by atoms with E-state index in [2.05, 4.69) is 5.16 Å². The first-order valence-corrected chi connectivity index (χ1v) is 8.95. The van der Waals surface area contributed by atoms with Gasteiger partial charge in [-0.1, -0.05) is 5.16 Å². The van der Waals surface area contributed by atoms with Gasteiger partial charge in [-0.15, -0.1) is 0 Å². The zero-order chi connectivity index (χ0) is 18.1. The van der Waals surface area contributed by atoms with Crippen LogP contribution in [-0.2, 0) is 12.8 Å². The third-order valence-electron chi connectivity index (χ3n) is 5.10. The lowest BCUT2D eigenvalue weighted by Gasteiger charge is -2.34. The number of carbonyl (C=O) groups excluding carboxylic acids is 2. The highest BCUT2D eigenvalue weighted by atomic mass is 19.1. The smallest absolute Gasteiger partial charge is 0.292 e. The van der Waals surface area contributed by atoms with Crippen LogP contribution in [0, 0.1) is 5.82 Å². The Bertz CT molecular complexity index is 823. The van der Waals surface area contributed by atoms with Gasteiger partial charge in [0.1, 0.15) is 5.82 Å². The number of fused-ring (bicyclic) bond motifs is 1. The second-order valence-electron chi connectivity index (χ2n) is 6.74. The van der Waals surface area contributed by atoms with Gasteiger partial charge in [-0.05, 0) is 49.9 Å². The fourth-order valence-corrected chi connectivity index (χ4v) is 3.59. The van der Waals surface area contributed by atoms with Gasteiger partial charge in [0.2, 0.25) is 5.76 Å². The van der Waals surface area contributed by atoms with Crippen LogP contribution < -0.4 is 0 Å². The number of rotatable bonds is 2. The average Bonchev–Trinajstić information content (AvgIpc) is 3.12. The van der Waals surface area contributed by atoms with Crippen LogP contribution >= 0.6 is 0 Å². The van der Waals surface area contributed by atoms with Crippen LogP contribution in [0.25, 0.3) is 0 Å². The van der Waals surface area contributed by atoms with Crippen LogP contribution in [0.15, 0.2) is 28.8 Å². The molecule has 0 unspecified atom stereocenters. The van der Waals surface area contributed by atoms with E-state index in [1.807, 2.05) is 0 Å². The summed E-state index contributed by atoms with van der Waals surface area (Å²) < 4.78 is 18.3. The molecule has 1 saturated heterocycles. The quantitative estimate of drug-likeness (QED) is 0.827. The van der Waals surface area contributed by atoms with Gasteiger partial charge in [0.05, 0.1) is 5.69 Å². The van der Waals surface area contributed by atoms with E-state index in [1.54, 1.807) is 9.80 Å². The average molecular weight is 357 g/mol. The first-order chi connectivity index (χ1) is 12.6. The first kappa shape index (κ1) is 16.8. The Morgan fingerprint density at radius 2 is 1.54 bits per heavy atom. The molecule has 1 aromatic carbocycles. The zero-order valence-corrected chi connectivity index (χ0v) is 14.4. The van der Waals surface area contributed by atoms with Crippen LogP contribution in [0.2, 0.25) is 0 Å². The number of halogens is 1. The number of aromatic nitrogens is 1. The molecule has 26 heavy (non-hydrogen) atoms. The molecule has 1 aliphatic heterocycles. The van der Waals surface area contributed by atoms with Crippen LogP contribution in [0.3, 0.4) is 0 Å². The number of hydrogen-bond donors (Lipinski definition) is 0. The van der Waals surface area contributed by atoms with Gasteiger partial charge in [0.15, 0.2) is 0 Å². The van der Waals surface area contributed by atoms with Crippen molar-refractivity contribution in [2.45, 2.75) is 25.7 Å². The van der Waals surface area contributed by atoms with E-state index in [0.717, 1.165) is 36.9 Å². The number of amides is 2. The zero-order valence-electron chi connectivity index (χ0n) is 14.4. The van der Waals surface area contributed by atoms with E-state index in [9.17, 15) is 14.0 Å². The van der Waals surface area contributed by atoms with Crippen molar-refractivity contribution >= 4 is 11.8 Å². The fourth-order valence-electron chi connectivity index (χ4n) is 3.59. The lowest BCUT2D eigenvalue weighted by Crippen LogP contribution is -2.50. The molecule has 2 aromatic rings. The maximum Gasteiger partial charge on any atom is 0.292 e. The molecule has 0 bridgehead atoms. The molecule has 7 heteroatoms. The maximum absolute atomic E-state index is 13.0. The number of piperazine rings is 1. The summed E-state index contributed by atoms with van der Waals surface area (Å²) in [6, 6.07) is 5.52. The summed E-state index contributed by atoms with van der Waals surface area (Å²) in [5.41, 5.74) is 2.31. The monoisotopic (exact) mass is 357 g/mol. The Labute approximate surface area is 150 Å². The third-order valence-corrected chi connectivity index (χ3v) is 5.10. The van der Waals surface area contributed by atoms with Gasteiger partial charge < -0.3 is 14.3 Å². The largest absolute Gasteiger partial charge is 0.350 e. The van der Waals surface area contributed by atoms with E-state index in [-0.39, 0.29) is 17.6 Å². The summed E-state index contributed by atoms with van der Waals surface area (Å²) in [5, 5.41) is 4.04. The van der Waals surface area contributed by atoms with Crippen molar-refractivity contribution in [2.24, 2.45) is 0 Å². The SMILES string of the molecule is O=C(c1ccc(F)cc1)N1CCN(C(=O)c2onc3c2CCCC3)CC1. The van der Waals surface area contributed by atoms with Crippen molar-refractivity contribution in [1.82, 2.24) is 15.0 Å². The van der Waals surface area contributed by atoms with E-state index in [1.165, 1.54) is 24.3 Å². The number of nitrogens with zero attached hydrogens (tertiary/aromatic N) is 3. The lowest BCUT2D eigenvalue weighted by atomic mass is 9.96. The Morgan fingerprint density at radius 1 is 0.923 bits per heavy atom. The topological polar surface area (TPSA) is 66.7 Å². The van der Waals surface area contributed by atoms with E-state index in [4.69, 9.17) is 4.52 Å². The highest BCUT2D eigenvalue weighted by Crippen LogP contribution is 2.25. The van der Waals surface area contributed by atoms with E-state index >= 15 is 0 Å². The van der Waals surface area contributed by atoms with Crippen molar-refractivity contribution in [2.75, 3.05) is 26.2 Å². The van der Waals surface area contributed by atoms with Gasteiger partial charge in [-0.2, -0.15) is 0 Å². The Kier molecular flexibility index (Phi) is 4.44. The molecule has 4 rings (SSSR count). The summed E-state index contributed by atoms with van der Waals surface area (Å²) in [4.78, 5) is 28.6. The molecule has 1 aromatic heterocycles. The summed E-state index contributed by atoms with van der Waals surface area (Å²) in [5.74, 6) is -0.297. The maximum atomic E-state index is 13.0.